The number of carbonyl (C=O) groups is 4. The van der Waals surface area contributed by atoms with Gasteiger partial charge in [0.05, 0.1) is 122 Å². The predicted octanol–water partition coefficient (Wildman–Crippen LogP) is 15.1. The van der Waals surface area contributed by atoms with Gasteiger partial charge in [0.2, 0.25) is 0 Å². The number of rotatable bonds is 19. The molecular weight excluding hydrogens is 1800 g/mol. The summed E-state index contributed by atoms with van der Waals surface area (Å²) in [6.07, 6.45) is 42.0. The molecule has 0 atom stereocenters. The number of nitrogens with two attached hydrogens (primary N) is 3. The van der Waals surface area contributed by atoms with Crippen LogP contribution >= 0.6 is 71.2 Å². The van der Waals surface area contributed by atoms with Crippen molar-refractivity contribution >= 4 is 147 Å². The van der Waals surface area contributed by atoms with Gasteiger partial charge >= 0.3 is 34.9 Å². The first-order chi connectivity index (χ1) is 61.4. The monoisotopic (exact) mass is 1890 g/mol. The van der Waals surface area contributed by atoms with E-state index in [0.717, 1.165) is 98.3 Å². The van der Waals surface area contributed by atoms with Crippen molar-refractivity contribution in [3.8, 4) is 11.8 Å². The number of ether oxygens (including phenoxy) is 2. The lowest BCUT2D eigenvalue weighted by molar-refractivity contribution is -0.148. The van der Waals surface area contributed by atoms with Crippen LogP contribution in [0.4, 0.5) is 0 Å². The minimum absolute atomic E-state index is 0. The number of amides is 1. The van der Waals surface area contributed by atoms with Gasteiger partial charge in [-0.15, -0.1) is 36.4 Å². The molecule has 9 N–H and O–H groups in total. The van der Waals surface area contributed by atoms with E-state index in [-0.39, 0.29) is 49.0 Å². The second kappa shape index (κ2) is 44.8. The Morgan fingerprint density at radius 3 is 1.26 bits per heavy atom. The number of oxime groups is 1. The highest BCUT2D eigenvalue weighted by atomic mass is 35.5. The van der Waals surface area contributed by atoms with E-state index in [0.29, 0.717) is 77.3 Å². The second-order valence-corrected chi connectivity index (χ2v) is 37.7. The third-order valence-corrected chi connectivity index (χ3v) is 21.9. The lowest BCUT2D eigenvalue weighted by atomic mass is 10.2. The average molecular weight is 1890 g/mol. The number of imidazole rings is 7. The Morgan fingerprint density at radius 1 is 0.535 bits per heavy atom. The number of pyridine rings is 7. The second-order valence-electron chi connectivity index (χ2n) is 31.5. The summed E-state index contributed by atoms with van der Waals surface area (Å²) in [5, 5.41) is 45.5. The number of hydrogen-bond acceptors (Lipinski definition) is 26. The van der Waals surface area contributed by atoms with E-state index < -0.39 is 31.2 Å². The number of nitriles is 2. The van der Waals surface area contributed by atoms with Crippen molar-refractivity contribution in [1.29, 1.82) is 10.5 Å². The Hall–Kier alpha value is -12.7. The van der Waals surface area contributed by atoms with E-state index in [4.69, 9.17) is 76.3 Å². The van der Waals surface area contributed by atoms with Gasteiger partial charge in [-0.05, 0) is 188 Å². The number of nitrogens with one attached hydrogen (secondary N) is 1. The molecule has 0 aromatic carbocycles. The van der Waals surface area contributed by atoms with E-state index in [1.165, 1.54) is 99.1 Å². The van der Waals surface area contributed by atoms with Crippen LogP contribution in [0.3, 0.4) is 0 Å². The molecule has 16 aromatic heterocycles. The maximum atomic E-state index is 12.5. The Kier molecular flexibility index (Phi) is 33.7. The van der Waals surface area contributed by atoms with Crippen molar-refractivity contribution < 1.29 is 48.1 Å². The van der Waals surface area contributed by atoms with Gasteiger partial charge in [0, 0.05) is 96.6 Å². The molecule has 0 saturated heterocycles. The normalized spacial score (nSPS) is 13.6. The van der Waals surface area contributed by atoms with Gasteiger partial charge in [0.25, 0.3) is 0 Å². The smallest absolute Gasteiger partial charge is 0.397 e. The van der Waals surface area contributed by atoms with Crippen LogP contribution in [-0.4, -0.2) is 148 Å². The van der Waals surface area contributed by atoms with Gasteiger partial charge in [0.1, 0.15) is 34.1 Å². The summed E-state index contributed by atoms with van der Waals surface area (Å²) in [6.45, 7) is 6.72. The molecule has 5 fully saturated rings. The topological polar surface area (TPSA) is 476 Å². The first-order valence-electron chi connectivity index (χ1n) is 40.6. The summed E-state index contributed by atoms with van der Waals surface area (Å²) < 4.78 is 32.3. The Morgan fingerprint density at radius 2 is 0.899 bits per heavy atom. The van der Waals surface area contributed by atoms with Gasteiger partial charge in [-0.2, -0.15) is 15.2 Å². The first kappa shape index (κ1) is 96.9. The molecule has 0 spiro atoms. The number of fused-ring (bicyclic) bond motifs is 7. The molecule has 35 nitrogen and oxygen atoms in total. The molecule has 0 radical (unpaired) electrons. The molecule has 16 heterocycles. The van der Waals surface area contributed by atoms with Gasteiger partial charge in [-0.25, -0.2) is 55.6 Å². The summed E-state index contributed by atoms with van der Waals surface area (Å²) in [4.78, 5) is 82.2. The van der Waals surface area contributed by atoms with E-state index in [1.54, 1.807) is 24.8 Å². The van der Waals surface area contributed by atoms with Gasteiger partial charge in [0.15, 0.2) is 19.7 Å². The third-order valence-electron chi connectivity index (χ3n) is 20.4. The number of halogens is 6. The fourth-order valence-electron chi connectivity index (χ4n) is 13.2. The highest BCUT2D eigenvalue weighted by molar-refractivity contribution is 6.83. The van der Waals surface area contributed by atoms with Crippen LogP contribution in [0, 0.1) is 22.3 Å². The zero-order chi connectivity index (χ0) is 90.0. The SMILES string of the molecule is COC(=O)C(=O)Cl.COC(=O)c1nc(Cc2cn3cc(C4CC4)ccc3n2)no1.C[Si](C)(C)C#N.Cl.Cl.ClCc1cn2cc(C3CC3)ccc2n1.N#CCc1cn2cc(C3CC3)ccc2n1.NC(Cc1cn2cc(C3CC3)ccc2n1)=NO.NCc1ncn2ccc(Cl)cc12.NO.O=C(NCc1ncn2ccc(Cl)cc12)c1nc(Cc2cn3cc(C4CC4)ccc3n2)no1. The quantitative estimate of drug-likeness (QED) is 0.00504. The summed E-state index contributed by atoms with van der Waals surface area (Å²) in [5.74, 6) is 6.28. The molecule has 0 unspecified atom stereocenters. The molecule has 5 aliphatic carbocycles. The van der Waals surface area contributed by atoms with Crippen molar-refractivity contribution in [3.05, 3.63) is 273 Å². The molecule has 16 aromatic rings. The number of carbonyl (C=O) groups excluding carboxylic acids is 4. The summed E-state index contributed by atoms with van der Waals surface area (Å²) in [6, 6.07) is 30.3. The Bertz CT molecular complexity index is 6690. The zero-order valence-electron chi connectivity index (χ0n) is 70.7. The predicted molar refractivity (Wildman–Crippen MR) is 489 cm³/mol. The minimum Gasteiger partial charge on any atom is -0.462 e. The van der Waals surface area contributed by atoms with Crippen LogP contribution in [-0.2, 0) is 63.7 Å². The van der Waals surface area contributed by atoms with E-state index in [2.05, 4.69) is 176 Å². The number of methoxy groups -OCH3 is 2. The van der Waals surface area contributed by atoms with Crippen molar-refractivity contribution in [1.82, 2.24) is 91.3 Å². The van der Waals surface area contributed by atoms with Crippen molar-refractivity contribution in [3.63, 3.8) is 0 Å². The van der Waals surface area contributed by atoms with Crippen molar-refractivity contribution in [2.75, 3.05) is 14.2 Å². The van der Waals surface area contributed by atoms with Gasteiger partial charge in [-0.1, -0.05) is 88.6 Å². The highest BCUT2D eigenvalue weighted by Gasteiger charge is 2.29. The summed E-state index contributed by atoms with van der Waals surface area (Å²) in [7, 11) is 1.03. The van der Waals surface area contributed by atoms with Crippen LogP contribution in [0.2, 0.25) is 29.7 Å². The lowest BCUT2D eigenvalue weighted by Gasteiger charge is -2.01. The molecule has 0 bridgehead atoms. The highest BCUT2D eigenvalue weighted by Crippen LogP contribution is 2.43. The van der Waals surface area contributed by atoms with Crippen LogP contribution in [0.15, 0.2) is 186 Å². The van der Waals surface area contributed by atoms with Gasteiger partial charge in [-0.3, -0.25) is 9.59 Å². The van der Waals surface area contributed by atoms with Crippen LogP contribution in [0.5, 0.6) is 0 Å². The number of hydrogen-bond donors (Lipinski definition) is 6. The number of aromatic nitrogens is 18. The van der Waals surface area contributed by atoms with Crippen molar-refractivity contribution in [2.24, 2.45) is 22.5 Å². The fourth-order valence-corrected chi connectivity index (χ4v) is 13.7. The molecule has 42 heteroatoms. The molecule has 1 amide bonds. The summed E-state index contributed by atoms with van der Waals surface area (Å²) in [5.41, 5.74) is 32.3. The molecule has 21 rings (SSSR count). The first-order valence-corrected chi connectivity index (χ1v) is 45.7. The molecular formula is C87H93Cl6N25O10Si. The van der Waals surface area contributed by atoms with Gasteiger partial charge < -0.3 is 76.5 Å². The number of nitrogens with zero attached hydrogens (tertiary/aromatic N) is 21. The van der Waals surface area contributed by atoms with E-state index in [1.807, 2.05) is 126 Å². The molecule has 5 saturated carbocycles. The maximum Gasteiger partial charge on any atom is 0.397 e. The lowest BCUT2D eigenvalue weighted by Crippen LogP contribution is -2.23. The summed E-state index contributed by atoms with van der Waals surface area (Å²) >= 11 is 22.2. The van der Waals surface area contributed by atoms with Crippen molar-refractivity contribution in [2.45, 2.75) is 158 Å². The average Bonchev–Trinajstić information content (AvgIpc) is 1.67. The minimum atomic E-state index is -1.33. The molecule has 129 heavy (non-hydrogen) atoms. The third kappa shape index (κ3) is 27.0. The van der Waals surface area contributed by atoms with E-state index in [9.17, 15) is 19.2 Å². The standard InChI is InChI=1S/C22H18ClN7O2.C15H14N4O3.C12H14N4O.C12H11N3.C11H11ClN2.C8H8ClN3.C4H9NSi.C3H3ClO3.2ClH.H3NO/c23-15-5-6-29-12-25-17(18(29)7-15)9-24-21(31)22-27-19(28-32-22)8-16-11-30-10-14(13-1-2-13)3-4-20(30)26-16;1-21-15(20)14-17-12(18-22-14)6-11-8-19-7-10(9-2-3-9)4-5-13(19)16-11;13-11(15-17)5-10-7-16-6-9(8-1-2-8)3-4-12(16)14-10;13-6-5-11-8-15-7-10(9-1-2-9)3-4-12(15)14-11;12-5-10-7-14-6-9(8-1-2-8)3-4-11(14)13-10;9-6-1-2-12-5-11-7(4-10)8(12)3-6;1-6(2,3)4-5;1-7-3(6)2(4)5;;;1-2/h3-7,10-13H,1-2,8-9H2,(H,24,31);4-5,7-9H,2-3,6H2,1H3;3-4,6-8,17H,1-2,5H2,(H2,13,15);3-4,7-9H,1-2,5H2;3-4,6-8H,1-2,5H2;1-3,5H,4,10H2;1-3H3;1H3;2*1H;2H,1H2. The van der Waals surface area contributed by atoms with E-state index >= 15 is 0 Å². The zero-order valence-corrected chi connectivity index (χ0v) is 76.3. The largest absolute Gasteiger partial charge is 0.462 e. The molecule has 5 aliphatic rings. The number of amidine groups is 1. The molecule has 0 aliphatic heterocycles. The Balaban J connectivity index is 0.000000148. The number of esters is 2. The Labute approximate surface area is 772 Å². The van der Waals surface area contributed by atoms with Crippen LogP contribution in [0.25, 0.3) is 39.3 Å². The van der Waals surface area contributed by atoms with Crippen LogP contribution < -0.4 is 22.7 Å². The molecule has 672 valence electrons. The fraction of sp³-hybridized carbons (Fsp3) is 0.310. The van der Waals surface area contributed by atoms with Crippen LogP contribution in [0.1, 0.15) is 194 Å². The number of alkyl halides is 1. The maximum absolute atomic E-state index is 12.5.